The van der Waals surface area contributed by atoms with Gasteiger partial charge in [-0.3, -0.25) is 14.4 Å². The minimum absolute atomic E-state index is 0.00523. The molecule has 3 amide bonds. The number of aliphatic carboxylic acids is 1. The lowest BCUT2D eigenvalue weighted by Gasteiger charge is -2.28. The summed E-state index contributed by atoms with van der Waals surface area (Å²) in [5.74, 6) is -3.35. The molecule has 0 spiro atoms. The van der Waals surface area contributed by atoms with Gasteiger partial charge in [0.1, 0.15) is 22.7 Å². The summed E-state index contributed by atoms with van der Waals surface area (Å²) < 4.78 is 25.0. The highest BCUT2D eigenvalue weighted by molar-refractivity contribution is 6.30. The first-order valence-electron chi connectivity index (χ1n) is 14.7. The quantitative estimate of drug-likeness (QED) is 0.182. The number of carbonyl (C=O) groups excluding carboxylic acids is 3. The lowest BCUT2D eigenvalue weighted by atomic mass is 9.91. The molecule has 46 heavy (non-hydrogen) atoms. The third-order valence-electron chi connectivity index (χ3n) is 6.90. The van der Waals surface area contributed by atoms with Gasteiger partial charge in [-0.15, -0.1) is 0 Å². The summed E-state index contributed by atoms with van der Waals surface area (Å²) in [5, 5.41) is 18.4. The predicted molar refractivity (Wildman–Crippen MR) is 170 cm³/mol. The number of nitrogens with zero attached hydrogens (tertiary/aromatic N) is 1. The van der Waals surface area contributed by atoms with E-state index in [0.29, 0.717) is 21.9 Å². The number of carboxylic acids is 1. The summed E-state index contributed by atoms with van der Waals surface area (Å²) in [6, 6.07) is 10.6. The number of ether oxygens (including phenoxy) is 1. The molecule has 0 saturated carbocycles. The van der Waals surface area contributed by atoms with E-state index < -0.39 is 52.8 Å². The van der Waals surface area contributed by atoms with E-state index in [1.54, 1.807) is 52.0 Å². The number of carbonyl (C=O) groups is 4. The number of aryl methyl sites for hydroxylation is 1. The molecule has 0 aliphatic carbocycles. The first-order chi connectivity index (χ1) is 21.4. The second-order valence-electron chi connectivity index (χ2n) is 12.5. The third kappa shape index (κ3) is 10.9. The molecule has 1 heterocycles. The van der Waals surface area contributed by atoms with Gasteiger partial charge in [0.2, 0.25) is 5.91 Å². The minimum atomic E-state index is -1.33. The van der Waals surface area contributed by atoms with E-state index in [2.05, 4.69) is 20.9 Å². The van der Waals surface area contributed by atoms with Gasteiger partial charge in [-0.1, -0.05) is 35.9 Å². The number of hydrogen-bond acceptors (Lipinski definition) is 7. The maximum atomic E-state index is 14.4. The molecule has 0 bridgehead atoms. The molecule has 4 N–H and O–H groups in total. The Balaban J connectivity index is 1.71. The van der Waals surface area contributed by atoms with Gasteiger partial charge in [-0.25, -0.2) is 14.2 Å². The molecular formula is C33H40ClFN4O7. The number of hydrogen-bond donors (Lipinski definition) is 4. The van der Waals surface area contributed by atoms with Crippen LogP contribution in [0, 0.1) is 18.7 Å². The van der Waals surface area contributed by atoms with E-state index in [9.17, 15) is 28.7 Å². The Morgan fingerprint density at radius 2 is 1.74 bits per heavy atom. The van der Waals surface area contributed by atoms with Crippen molar-refractivity contribution in [2.24, 2.45) is 5.92 Å². The number of carboxylic acid groups (broad SMARTS) is 1. The van der Waals surface area contributed by atoms with Gasteiger partial charge in [0, 0.05) is 23.2 Å². The van der Waals surface area contributed by atoms with Crippen LogP contribution < -0.4 is 16.0 Å². The average Bonchev–Trinajstić information content (AvgIpc) is 3.39. The van der Waals surface area contributed by atoms with Crippen molar-refractivity contribution in [3.63, 3.8) is 0 Å². The van der Waals surface area contributed by atoms with Gasteiger partial charge < -0.3 is 30.2 Å². The van der Waals surface area contributed by atoms with Crippen molar-refractivity contribution in [1.82, 2.24) is 20.9 Å². The van der Waals surface area contributed by atoms with Gasteiger partial charge >= 0.3 is 18.0 Å². The van der Waals surface area contributed by atoms with Crippen molar-refractivity contribution >= 4 is 35.5 Å². The Hall–Kier alpha value is -4.45. The molecule has 2 atom stereocenters. The van der Waals surface area contributed by atoms with Crippen molar-refractivity contribution in [3.05, 3.63) is 76.7 Å². The van der Waals surface area contributed by atoms with Crippen LogP contribution in [0.5, 0.6) is 0 Å². The molecule has 3 aromatic rings. The summed E-state index contributed by atoms with van der Waals surface area (Å²) in [6.45, 7) is 9.74. The number of alkyl carbamates (subject to hydrolysis) is 1. The van der Waals surface area contributed by atoms with E-state index in [1.807, 2.05) is 0 Å². The zero-order chi connectivity index (χ0) is 34.2. The Labute approximate surface area is 272 Å². The molecule has 0 aliphatic heterocycles. The Kier molecular flexibility index (Phi) is 11.9. The highest BCUT2D eigenvalue weighted by atomic mass is 35.5. The molecule has 0 fully saturated rings. The van der Waals surface area contributed by atoms with Gasteiger partial charge in [-0.2, -0.15) is 0 Å². The fraction of sp³-hybridized carbons (Fsp3) is 0.424. The first kappa shape index (κ1) is 36.0. The molecule has 11 nitrogen and oxygen atoms in total. The number of rotatable bonds is 13. The largest absolute Gasteiger partial charge is 0.481 e. The van der Waals surface area contributed by atoms with Crippen LogP contribution in [0.3, 0.4) is 0 Å². The van der Waals surface area contributed by atoms with Gasteiger partial charge in [0.05, 0.1) is 12.1 Å². The third-order valence-corrected chi connectivity index (χ3v) is 7.14. The molecule has 0 aliphatic rings. The number of aromatic nitrogens is 1. The highest BCUT2D eigenvalue weighted by Gasteiger charge is 2.32. The monoisotopic (exact) mass is 658 g/mol. The Morgan fingerprint density at radius 3 is 2.33 bits per heavy atom. The average molecular weight is 659 g/mol. The van der Waals surface area contributed by atoms with Crippen molar-refractivity contribution in [2.45, 2.75) is 78.0 Å². The van der Waals surface area contributed by atoms with Gasteiger partial charge in [-0.05, 0) is 90.1 Å². The molecule has 1 aromatic heterocycles. The summed E-state index contributed by atoms with van der Waals surface area (Å²) in [5.41, 5.74) is -0.388. The molecule has 2 aromatic carbocycles. The van der Waals surface area contributed by atoms with Crippen LogP contribution in [0.2, 0.25) is 5.02 Å². The number of benzene rings is 2. The predicted octanol–water partition coefficient (Wildman–Crippen LogP) is 5.68. The van der Waals surface area contributed by atoms with Crippen LogP contribution in [0.15, 0.2) is 53.1 Å². The summed E-state index contributed by atoms with van der Waals surface area (Å²) >= 11 is 6.05. The summed E-state index contributed by atoms with van der Waals surface area (Å²) in [7, 11) is 0. The van der Waals surface area contributed by atoms with Crippen LogP contribution in [0.4, 0.5) is 9.18 Å². The lowest BCUT2D eigenvalue weighted by molar-refractivity contribution is -0.142. The summed E-state index contributed by atoms with van der Waals surface area (Å²) in [4.78, 5) is 54.2. The van der Waals surface area contributed by atoms with E-state index in [0.717, 1.165) is 5.56 Å². The molecule has 0 radical (unpaired) electrons. The highest BCUT2D eigenvalue weighted by Crippen LogP contribution is 2.27. The fourth-order valence-corrected chi connectivity index (χ4v) is 4.78. The Morgan fingerprint density at radius 1 is 1.07 bits per heavy atom. The lowest BCUT2D eigenvalue weighted by Crippen LogP contribution is -2.55. The number of halogens is 2. The molecular weight excluding hydrogens is 619 g/mol. The maximum absolute atomic E-state index is 14.4. The second-order valence-corrected chi connectivity index (χ2v) is 13.0. The van der Waals surface area contributed by atoms with Gasteiger partial charge in [0.25, 0.3) is 5.89 Å². The molecule has 3 rings (SSSR count). The van der Waals surface area contributed by atoms with Crippen molar-refractivity contribution in [1.29, 1.82) is 0 Å². The van der Waals surface area contributed by atoms with Crippen LogP contribution >= 0.6 is 11.6 Å². The Bertz CT molecular complexity index is 1550. The van der Waals surface area contributed by atoms with E-state index in [1.165, 1.54) is 38.2 Å². The van der Waals surface area contributed by atoms with Crippen molar-refractivity contribution in [2.75, 3.05) is 6.54 Å². The zero-order valence-electron chi connectivity index (χ0n) is 26.7. The van der Waals surface area contributed by atoms with Crippen molar-refractivity contribution < 1.29 is 37.8 Å². The van der Waals surface area contributed by atoms with Crippen LogP contribution in [-0.4, -0.2) is 57.7 Å². The van der Waals surface area contributed by atoms with E-state index >= 15 is 0 Å². The number of amides is 3. The van der Waals surface area contributed by atoms with Crippen molar-refractivity contribution in [3.8, 4) is 11.1 Å². The SMILES string of the molecule is Cc1cnc(C(=O)N[C@H](Cc2ccc(-c3cc(Cl)ccc3F)cc2)C[C@@H](CCNC(=O)C(C)(C)NC(=O)OC(C)(C)C)C(=O)O)o1. The standard InChI is InChI=1S/C33H40ClFN4O7/c1-19-18-37-28(45-19)27(40)38-24(15-20-7-9-21(10-8-20)25-17-23(34)11-12-26(25)35)16-22(29(41)42)13-14-36-30(43)33(5,6)39-31(44)46-32(2,3)4/h7-12,17-18,22,24H,13-16H2,1-6H3,(H,36,43)(H,38,40)(H,39,44)(H,41,42)/t22-,24-/m1/s1. The van der Waals surface area contributed by atoms with Crippen LogP contribution in [0.25, 0.3) is 11.1 Å². The topological polar surface area (TPSA) is 160 Å². The molecule has 13 heteroatoms. The number of nitrogens with one attached hydrogen (secondary N) is 3. The van der Waals surface area contributed by atoms with Gasteiger partial charge in [0.15, 0.2) is 0 Å². The van der Waals surface area contributed by atoms with E-state index in [4.69, 9.17) is 20.8 Å². The van der Waals surface area contributed by atoms with E-state index in [-0.39, 0.29) is 31.7 Å². The smallest absolute Gasteiger partial charge is 0.408 e. The first-order valence-corrected chi connectivity index (χ1v) is 15.1. The maximum Gasteiger partial charge on any atom is 0.408 e. The second kappa shape index (κ2) is 15.2. The normalized spacial score (nSPS) is 13.0. The minimum Gasteiger partial charge on any atom is -0.481 e. The van der Waals surface area contributed by atoms with Crippen LogP contribution in [0.1, 0.15) is 69.5 Å². The fourth-order valence-electron chi connectivity index (χ4n) is 4.61. The van der Waals surface area contributed by atoms with Crippen LogP contribution in [-0.2, 0) is 20.7 Å². The number of oxazole rings is 1. The summed E-state index contributed by atoms with van der Waals surface area (Å²) in [6.07, 6.45) is 0.940. The molecule has 0 saturated heterocycles. The molecule has 248 valence electrons. The zero-order valence-corrected chi connectivity index (χ0v) is 27.5. The molecule has 0 unspecified atom stereocenters.